The summed E-state index contributed by atoms with van der Waals surface area (Å²) in [5, 5.41) is 0.764. The van der Waals surface area contributed by atoms with Gasteiger partial charge in [-0.15, -0.1) is 0 Å². The highest BCUT2D eigenvalue weighted by molar-refractivity contribution is 14.1. The number of aryl methyl sites for hydroxylation is 2. The van der Waals surface area contributed by atoms with Crippen LogP contribution in [0.4, 0.5) is 5.13 Å². The van der Waals surface area contributed by atoms with Crippen LogP contribution in [0.25, 0.3) is 10.2 Å². The lowest BCUT2D eigenvalue weighted by molar-refractivity contribution is 0.0984. The van der Waals surface area contributed by atoms with Gasteiger partial charge in [-0.3, -0.25) is 9.69 Å². The van der Waals surface area contributed by atoms with Crippen molar-refractivity contribution in [3.05, 3.63) is 56.7 Å². The van der Waals surface area contributed by atoms with Crippen molar-refractivity contribution in [2.75, 3.05) is 32.1 Å². The Labute approximate surface area is 172 Å². The van der Waals surface area contributed by atoms with Gasteiger partial charge in [0.1, 0.15) is 0 Å². The number of aromatic nitrogens is 1. The van der Waals surface area contributed by atoms with Crippen molar-refractivity contribution in [3.63, 3.8) is 0 Å². The third-order valence-electron chi connectivity index (χ3n) is 4.42. The number of carbonyl (C=O) groups is 1. The first-order valence-corrected chi connectivity index (χ1v) is 10.4. The molecule has 1 heterocycles. The predicted molar refractivity (Wildman–Crippen MR) is 118 cm³/mol. The molecule has 6 heteroatoms. The summed E-state index contributed by atoms with van der Waals surface area (Å²) in [4.78, 5) is 22.0. The van der Waals surface area contributed by atoms with Gasteiger partial charge in [0, 0.05) is 16.7 Å². The molecule has 26 heavy (non-hydrogen) atoms. The molecule has 0 saturated carbocycles. The molecule has 0 spiro atoms. The molecule has 136 valence electrons. The van der Waals surface area contributed by atoms with E-state index in [4.69, 9.17) is 4.98 Å². The van der Waals surface area contributed by atoms with E-state index in [-0.39, 0.29) is 5.91 Å². The number of hydrogen-bond acceptors (Lipinski definition) is 4. The van der Waals surface area contributed by atoms with Crippen LogP contribution in [-0.2, 0) is 0 Å². The van der Waals surface area contributed by atoms with E-state index in [0.717, 1.165) is 31.0 Å². The van der Waals surface area contributed by atoms with Gasteiger partial charge >= 0.3 is 0 Å². The summed E-state index contributed by atoms with van der Waals surface area (Å²) in [6.07, 6.45) is 0. The SMILES string of the molecule is Cc1ccc2sc(N(CCN(C)C)C(=O)c3ccccc3I)nc2c1C. The molecule has 0 aliphatic carbocycles. The van der Waals surface area contributed by atoms with Crippen molar-refractivity contribution in [2.24, 2.45) is 0 Å². The lowest BCUT2D eigenvalue weighted by Gasteiger charge is -2.22. The van der Waals surface area contributed by atoms with Crippen LogP contribution in [0.15, 0.2) is 36.4 Å². The van der Waals surface area contributed by atoms with Crippen LogP contribution in [0.2, 0.25) is 0 Å². The maximum absolute atomic E-state index is 13.3. The number of hydrogen-bond donors (Lipinski definition) is 0. The van der Waals surface area contributed by atoms with Gasteiger partial charge in [0.05, 0.1) is 15.8 Å². The first kappa shape index (κ1) is 19.3. The second kappa shape index (κ2) is 8.02. The fraction of sp³-hybridized carbons (Fsp3) is 0.300. The molecule has 0 N–H and O–H groups in total. The van der Waals surface area contributed by atoms with E-state index >= 15 is 0 Å². The van der Waals surface area contributed by atoms with Gasteiger partial charge in [-0.25, -0.2) is 4.98 Å². The Morgan fingerprint density at radius 3 is 2.54 bits per heavy atom. The monoisotopic (exact) mass is 479 g/mol. The first-order chi connectivity index (χ1) is 12.4. The number of benzene rings is 2. The van der Waals surface area contributed by atoms with E-state index in [9.17, 15) is 4.79 Å². The van der Waals surface area contributed by atoms with Crippen molar-refractivity contribution in [3.8, 4) is 0 Å². The summed E-state index contributed by atoms with van der Waals surface area (Å²) in [7, 11) is 4.03. The van der Waals surface area contributed by atoms with Gasteiger partial charge in [-0.2, -0.15) is 0 Å². The molecule has 1 amide bonds. The van der Waals surface area contributed by atoms with Crippen molar-refractivity contribution >= 4 is 55.2 Å². The second-order valence-electron chi connectivity index (χ2n) is 6.59. The molecule has 3 rings (SSSR count). The lowest BCUT2D eigenvalue weighted by Crippen LogP contribution is -2.37. The van der Waals surface area contributed by atoms with E-state index in [0.29, 0.717) is 6.54 Å². The summed E-state index contributed by atoms with van der Waals surface area (Å²) in [5.74, 6) is 0.00489. The number of thiazole rings is 1. The molecular formula is C20H22IN3OS. The van der Waals surface area contributed by atoms with Gasteiger partial charge in [0.25, 0.3) is 5.91 Å². The standard InChI is InChI=1S/C20H22IN3OS/c1-13-9-10-17-18(14(13)2)22-20(26-17)24(12-11-23(3)4)19(25)15-7-5-6-8-16(15)21/h5-10H,11-12H2,1-4H3. The van der Waals surface area contributed by atoms with Gasteiger partial charge in [-0.1, -0.05) is 29.5 Å². The Balaban J connectivity index is 2.05. The number of anilines is 1. The van der Waals surface area contributed by atoms with Crippen LogP contribution in [0, 0.1) is 17.4 Å². The molecule has 0 fully saturated rings. The molecular weight excluding hydrogens is 457 g/mol. The van der Waals surface area contributed by atoms with E-state index < -0.39 is 0 Å². The largest absolute Gasteiger partial charge is 0.308 e. The number of nitrogens with zero attached hydrogens (tertiary/aromatic N) is 3. The Hall–Kier alpha value is -1.51. The zero-order valence-corrected chi connectivity index (χ0v) is 18.4. The first-order valence-electron chi connectivity index (χ1n) is 8.46. The molecule has 3 aromatic rings. The maximum atomic E-state index is 13.3. The van der Waals surface area contributed by atoms with Crippen LogP contribution in [0.3, 0.4) is 0 Å². The minimum Gasteiger partial charge on any atom is -0.308 e. The average molecular weight is 479 g/mol. The van der Waals surface area contributed by atoms with Gasteiger partial charge in [-0.05, 0) is 79.9 Å². The smallest absolute Gasteiger partial charge is 0.261 e. The van der Waals surface area contributed by atoms with Crippen LogP contribution in [0.1, 0.15) is 21.5 Å². The highest BCUT2D eigenvalue weighted by Gasteiger charge is 2.23. The molecule has 0 bridgehead atoms. The fourth-order valence-corrected chi connectivity index (χ4v) is 4.36. The van der Waals surface area contributed by atoms with Crippen LogP contribution < -0.4 is 4.90 Å². The molecule has 1 aromatic heterocycles. The van der Waals surface area contributed by atoms with Crippen molar-refractivity contribution < 1.29 is 4.79 Å². The molecule has 0 aliphatic rings. The Bertz CT molecular complexity index is 951. The minimum absolute atomic E-state index is 0.00489. The van der Waals surface area contributed by atoms with Crippen LogP contribution in [-0.4, -0.2) is 43.0 Å². The van der Waals surface area contributed by atoms with Gasteiger partial charge in [0.15, 0.2) is 5.13 Å². The average Bonchev–Trinajstić information content (AvgIpc) is 3.03. The topological polar surface area (TPSA) is 36.4 Å². The predicted octanol–water partition coefficient (Wildman–Crippen LogP) is 4.73. The molecule has 0 unspecified atom stereocenters. The number of fused-ring (bicyclic) bond motifs is 1. The molecule has 0 atom stereocenters. The zero-order chi connectivity index (χ0) is 18.8. The summed E-state index contributed by atoms with van der Waals surface area (Å²) in [5.41, 5.74) is 4.12. The Kier molecular flexibility index (Phi) is 5.94. The van der Waals surface area contributed by atoms with Crippen molar-refractivity contribution in [2.45, 2.75) is 13.8 Å². The highest BCUT2D eigenvalue weighted by atomic mass is 127. The summed E-state index contributed by atoms with van der Waals surface area (Å²) >= 11 is 3.80. The molecule has 0 radical (unpaired) electrons. The molecule has 0 saturated heterocycles. The number of halogens is 1. The second-order valence-corrected chi connectivity index (χ2v) is 8.76. The minimum atomic E-state index is 0.00489. The van der Waals surface area contributed by atoms with Crippen LogP contribution in [0.5, 0.6) is 0 Å². The Morgan fingerprint density at radius 1 is 1.12 bits per heavy atom. The summed E-state index contributed by atoms with van der Waals surface area (Å²) in [6.45, 7) is 5.57. The summed E-state index contributed by atoms with van der Waals surface area (Å²) < 4.78 is 2.08. The van der Waals surface area contributed by atoms with Crippen molar-refractivity contribution in [1.29, 1.82) is 0 Å². The number of amides is 1. The van der Waals surface area contributed by atoms with E-state index in [1.54, 1.807) is 11.3 Å². The van der Waals surface area contributed by atoms with E-state index in [1.165, 1.54) is 11.1 Å². The van der Waals surface area contributed by atoms with E-state index in [2.05, 4.69) is 53.5 Å². The third-order valence-corrected chi connectivity index (χ3v) is 6.41. The summed E-state index contributed by atoms with van der Waals surface area (Å²) in [6, 6.07) is 11.9. The fourth-order valence-electron chi connectivity index (χ4n) is 2.69. The van der Waals surface area contributed by atoms with Crippen LogP contribution >= 0.6 is 33.9 Å². The number of likely N-dealkylation sites (N-methyl/N-ethyl adjacent to an activating group) is 1. The van der Waals surface area contributed by atoms with Gasteiger partial charge in [0.2, 0.25) is 0 Å². The Morgan fingerprint density at radius 2 is 1.85 bits per heavy atom. The normalized spacial score (nSPS) is 11.3. The molecule has 2 aromatic carbocycles. The molecule has 0 aliphatic heterocycles. The quantitative estimate of drug-likeness (QED) is 0.497. The van der Waals surface area contributed by atoms with Gasteiger partial charge < -0.3 is 4.90 Å². The lowest BCUT2D eigenvalue weighted by atomic mass is 10.1. The molecule has 4 nitrogen and oxygen atoms in total. The third kappa shape index (κ3) is 3.92. The van der Waals surface area contributed by atoms with Crippen molar-refractivity contribution in [1.82, 2.24) is 9.88 Å². The number of carbonyl (C=O) groups excluding carboxylic acids is 1. The zero-order valence-electron chi connectivity index (χ0n) is 15.4. The number of rotatable bonds is 5. The maximum Gasteiger partial charge on any atom is 0.261 e. The van der Waals surface area contributed by atoms with E-state index in [1.807, 2.05) is 43.3 Å². The highest BCUT2D eigenvalue weighted by Crippen LogP contribution is 2.32.